The molecule has 11 heteroatoms. The molecule has 766 valence electrons. The molecule has 0 bridgehead atoms. The molecule has 0 atom stereocenters. The maximum absolute atomic E-state index is 2.49. The van der Waals surface area contributed by atoms with Crippen LogP contribution in [0.1, 0.15) is 316 Å². The SMILES string of the molecule is CCCCCCCCCCC[n+]1cc(-c2ccc3ccc4cccc5ccc2c3c45)cc(-c2ccc3ccc4cccc5ccc2c3c45)c1.CCCCCCCCCC[n+]1cccc(-c2ccccc2)c1.CCCCCCCCC[n+]1ccc(-c2ccccc2)cc1.CCCCCCCC[n+]1ccc(CCc2cc[n+](CCCCCCCC)cc2)cc1.CCCCCCC[n+]1ccc2ccccc2c1.[Cl-].[Cl-].[Cl-].[Cl-].[Cl-]. The van der Waals surface area contributed by atoms with Crippen LogP contribution in [0.4, 0.5) is 0 Å². The Hall–Kier alpha value is -9.89. The minimum absolute atomic E-state index is 0. The molecule has 144 heavy (non-hydrogen) atoms. The molecule has 0 amide bonds. The Morgan fingerprint density at radius 3 is 0.785 bits per heavy atom. The van der Waals surface area contributed by atoms with Gasteiger partial charge in [-0.25, -0.2) is 27.4 Å². The molecule has 6 nitrogen and oxygen atoms in total. The summed E-state index contributed by atoms with van der Waals surface area (Å²) in [5.41, 5.74) is 13.3. The van der Waals surface area contributed by atoms with Crippen molar-refractivity contribution in [3.63, 3.8) is 0 Å². The molecule has 0 N–H and O–H groups in total. The van der Waals surface area contributed by atoms with Gasteiger partial charge in [0.05, 0.1) is 0 Å². The normalized spacial score (nSPS) is 11.0. The number of nitrogens with zero attached hydrogens (tertiary/aromatic N) is 6. The lowest BCUT2D eigenvalue weighted by Gasteiger charge is -2.16. The lowest BCUT2D eigenvalue weighted by molar-refractivity contribution is -0.697. The van der Waals surface area contributed by atoms with Crippen LogP contribution in [0.3, 0.4) is 0 Å². The summed E-state index contributed by atoms with van der Waals surface area (Å²) in [7, 11) is 0. The summed E-state index contributed by atoms with van der Waals surface area (Å²) in [5.74, 6) is 0. The number of pyridine rings is 6. The second-order valence-corrected chi connectivity index (χ2v) is 40.0. The first-order valence-electron chi connectivity index (χ1n) is 55.6. The van der Waals surface area contributed by atoms with Gasteiger partial charge in [-0.2, -0.15) is 0 Å². The molecule has 0 saturated carbocycles. The third kappa shape index (κ3) is 38.7. The molecule has 0 fully saturated rings. The van der Waals surface area contributed by atoms with E-state index in [9.17, 15) is 0 Å². The fourth-order valence-electron chi connectivity index (χ4n) is 20.5. The highest BCUT2D eigenvalue weighted by atomic mass is 35.5. The van der Waals surface area contributed by atoms with E-state index in [1.165, 1.54) is 394 Å². The van der Waals surface area contributed by atoms with E-state index in [0.29, 0.717) is 0 Å². The summed E-state index contributed by atoms with van der Waals surface area (Å²) >= 11 is 0. The van der Waals surface area contributed by atoms with Gasteiger partial charge >= 0.3 is 0 Å². The van der Waals surface area contributed by atoms with Gasteiger partial charge < -0.3 is 62.0 Å². The second kappa shape index (κ2) is 69.3. The maximum atomic E-state index is 2.49. The molecule has 0 aliphatic rings. The number of hydrogen-bond acceptors (Lipinski definition) is 0. The van der Waals surface area contributed by atoms with Gasteiger partial charge in [0.1, 0.15) is 39.3 Å². The lowest BCUT2D eigenvalue weighted by Crippen LogP contribution is -3.00. The van der Waals surface area contributed by atoms with Crippen molar-refractivity contribution < 1.29 is 89.4 Å². The maximum Gasteiger partial charge on any atom is 0.176 e. The largest absolute Gasteiger partial charge is 1.00 e. The summed E-state index contributed by atoms with van der Waals surface area (Å²) in [6, 6.07) is 93.6. The van der Waals surface area contributed by atoms with Crippen molar-refractivity contribution in [3.05, 3.63) is 340 Å². The molecular formula is C133H170Cl5N6+. The van der Waals surface area contributed by atoms with Gasteiger partial charge in [-0.15, -0.1) is 0 Å². The van der Waals surface area contributed by atoms with Crippen LogP contribution in [-0.2, 0) is 52.1 Å². The molecule has 0 aliphatic heterocycles. The van der Waals surface area contributed by atoms with Crippen molar-refractivity contribution in [2.75, 3.05) is 0 Å². The van der Waals surface area contributed by atoms with Gasteiger partial charge in [-0.3, -0.25) is 0 Å². The summed E-state index contributed by atoms with van der Waals surface area (Å²) < 4.78 is 14.1. The Bertz CT molecular complexity index is 6030. The number of unbranched alkanes of at least 4 members (excludes halogenated alkanes) is 35. The van der Waals surface area contributed by atoms with Crippen LogP contribution >= 0.6 is 0 Å². The number of hydrogen-bond donors (Lipinski definition) is 0. The summed E-state index contributed by atoms with van der Waals surface area (Å²) in [4.78, 5) is 0. The molecule has 0 aliphatic carbocycles. The number of rotatable bonds is 54. The van der Waals surface area contributed by atoms with Crippen LogP contribution in [0.2, 0.25) is 0 Å². The minimum atomic E-state index is 0. The van der Waals surface area contributed by atoms with E-state index < -0.39 is 0 Å². The molecule has 17 aromatic rings. The Morgan fingerprint density at radius 1 is 0.160 bits per heavy atom. The third-order valence-electron chi connectivity index (χ3n) is 28.8. The van der Waals surface area contributed by atoms with Gasteiger partial charge in [0.25, 0.3) is 0 Å². The quantitative estimate of drug-likeness (QED) is 0.0206. The van der Waals surface area contributed by atoms with E-state index in [2.05, 4.69) is 398 Å². The predicted molar refractivity (Wildman–Crippen MR) is 597 cm³/mol. The molecule has 0 spiro atoms. The van der Waals surface area contributed by atoms with E-state index in [1.807, 2.05) is 0 Å². The first kappa shape index (κ1) is 119. The van der Waals surface area contributed by atoms with E-state index in [4.69, 9.17) is 0 Å². The third-order valence-corrected chi connectivity index (χ3v) is 28.8. The second-order valence-electron chi connectivity index (χ2n) is 40.0. The minimum Gasteiger partial charge on any atom is -1.00 e. The predicted octanol–water partition coefficient (Wildman–Crippen LogP) is 20.7. The lowest BCUT2D eigenvalue weighted by atomic mass is 9.88. The van der Waals surface area contributed by atoms with Crippen molar-refractivity contribution in [1.29, 1.82) is 0 Å². The number of aryl methyl sites for hydroxylation is 8. The van der Waals surface area contributed by atoms with E-state index in [1.54, 1.807) is 0 Å². The molecule has 17 rings (SSSR count). The standard InChI is InChI=1S/C48H44N.C28H46N2.C21H30N.C20H28N.C16H22N.5ClH/c1-2-3-4-5-6-7-8-9-10-29-49-31-39(41-25-21-37-19-17-33-13-11-15-35-23-27-43(41)47(37)45(33)35)30-40(32-49)42-26-22-38-20-18-34-14-12-16-36-24-28-44(42)48(38)46(34)36;1-3-5-7-9-11-13-21-29-23-17-27(18-24-29)15-16-28-19-25-30(26-20-28)22-14-12-10-8-6-4-2;1-2-3-4-5-6-7-8-12-17-22-18-13-16-21(19-22)20-14-10-9-11-15-20;1-2-3-4-5-6-7-11-16-21-17-14-20(15-18-21)19-12-9-8-10-13-19;1-2-3-4-5-8-12-17-13-11-15-9-6-7-10-16(15)14-17;;;;;/h11-28,30-32H,2-10,29H2,1H3;17-20,23-26H,3-16,21-22H2,1-2H3;9-11,13-16,18-19H,2-8,12,17H2,1H3;8-10,12-15,17-18H,2-7,11,16H2,1H3;6-7,9-11,13-14H,2-5,8,12H2,1H3;5*1H/q+1;+2;3*+1;;;;;/p-5. The zero-order valence-electron chi connectivity index (χ0n) is 88.4. The highest BCUT2D eigenvalue weighted by molar-refractivity contribution is 6.27. The summed E-state index contributed by atoms with van der Waals surface area (Å²) in [5, 5.41) is 18.7. The fraction of sp³-hybridized carbons (Fsp3) is 0.414. The fourth-order valence-corrected chi connectivity index (χ4v) is 20.5. The van der Waals surface area contributed by atoms with E-state index >= 15 is 0 Å². The Balaban J connectivity index is 0.000000232. The van der Waals surface area contributed by atoms with Crippen LogP contribution in [0.25, 0.3) is 120 Å². The van der Waals surface area contributed by atoms with Crippen LogP contribution in [0.5, 0.6) is 0 Å². The Labute approximate surface area is 899 Å². The number of benzene rings is 11. The molecule has 0 saturated heterocycles. The highest BCUT2D eigenvalue weighted by Crippen LogP contribution is 2.43. The van der Waals surface area contributed by atoms with Crippen molar-refractivity contribution in [2.45, 2.75) is 357 Å². The van der Waals surface area contributed by atoms with Crippen molar-refractivity contribution >= 4 is 75.4 Å². The number of fused-ring (bicyclic) bond motifs is 1. The molecule has 11 aromatic carbocycles. The summed E-state index contributed by atoms with van der Waals surface area (Å²) in [6.45, 7) is 20.4. The molecule has 6 aromatic heterocycles. The van der Waals surface area contributed by atoms with Crippen LogP contribution in [-0.4, -0.2) is 0 Å². The zero-order valence-corrected chi connectivity index (χ0v) is 92.2. The smallest absolute Gasteiger partial charge is 0.176 e. The van der Waals surface area contributed by atoms with Crippen molar-refractivity contribution in [2.24, 2.45) is 0 Å². The van der Waals surface area contributed by atoms with Crippen molar-refractivity contribution in [3.8, 4) is 44.5 Å². The average molecular weight is 2030 g/mol. The van der Waals surface area contributed by atoms with Crippen LogP contribution < -0.4 is 89.4 Å². The monoisotopic (exact) mass is 2030 g/mol. The summed E-state index contributed by atoms with van der Waals surface area (Å²) in [6.07, 6.45) is 85.3. The molecular weight excluding hydrogens is 1860 g/mol. The highest BCUT2D eigenvalue weighted by Gasteiger charge is 2.21. The van der Waals surface area contributed by atoms with Gasteiger partial charge in [0.15, 0.2) is 74.4 Å². The molecule has 0 radical (unpaired) electrons. The average Bonchev–Trinajstić information content (AvgIpc) is 0.732. The molecule has 0 unspecified atom stereocenters. The zero-order chi connectivity index (χ0) is 96.2. The Kier molecular flexibility index (Phi) is 57.4. The van der Waals surface area contributed by atoms with Gasteiger partial charge in [0.2, 0.25) is 0 Å². The first-order chi connectivity index (χ1) is 68.8. The van der Waals surface area contributed by atoms with Gasteiger partial charge in [-0.05, 0) is 179 Å². The number of halogens is 5. The van der Waals surface area contributed by atoms with E-state index in [-0.39, 0.29) is 62.0 Å². The topological polar surface area (TPSA) is 23.3 Å². The van der Waals surface area contributed by atoms with E-state index in [0.717, 1.165) is 52.1 Å². The van der Waals surface area contributed by atoms with Crippen LogP contribution in [0, 0.1) is 0 Å². The number of aromatic nitrogens is 6. The van der Waals surface area contributed by atoms with Gasteiger partial charge in [0, 0.05) is 109 Å². The molecule has 6 heterocycles. The first-order valence-corrected chi connectivity index (χ1v) is 55.6. The Morgan fingerprint density at radius 2 is 0.417 bits per heavy atom. The van der Waals surface area contributed by atoms with Gasteiger partial charge in [-0.1, -0.05) is 416 Å². The van der Waals surface area contributed by atoms with Crippen LogP contribution in [0.15, 0.2) is 329 Å². The van der Waals surface area contributed by atoms with Crippen molar-refractivity contribution in [1.82, 2.24) is 0 Å².